The molecule has 0 aromatic carbocycles. The van der Waals surface area contributed by atoms with E-state index in [9.17, 15) is 9.59 Å². The van der Waals surface area contributed by atoms with Crippen LogP contribution < -0.4 is 5.32 Å². The van der Waals surface area contributed by atoms with Crippen LogP contribution in [0, 0.1) is 5.92 Å². The highest BCUT2D eigenvalue weighted by Crippen LogP contribution is 2.24. The normalized spacial score (nSPS) is 22.5. The van der Waals surface area contributed by atoms with Crippen LogP contribution in [0.4, 0.5) is 4.79 Å². The Morgan fingerprint density at radius 3 is 2.95 bits per heavy atom. The van der Waals surface area contributed by atoms with Gasteiger partial charge >= 0.3 is 12.0 Å². The maximum Gasteiger partial charge on any atom is 0.317 e. The lowest BCUT2D eigenvalue weighted by Crippen LogP contribution is -2.44. The third-order valence-electron chi connectivity index (χ3n) is 3.56. The lowest BCUT2D eigenvalue weighted by molar-refractivity contribution is -0.142. The smallest absolute Gasteiger partial charge is 0.317 e. The molecular weight excluding hydrogens is 248 g/mol. The van der Waals surface area contributed by atoms with Gasteiger partial charge in [0.2, 0.25) is 0 Å². The van der Waals surface area contributed by atoms with E-state index in [2.05, 4.69) is 5.32 Å². The molecule has 1 aromatic heterocycles. The summed E-state index contributed by atoms with van der Waals surface area (Å²) in [6, 6.07) is 3.19. The number of urea groups is 1. The first kappa shape index (κ1) is 13.5. The van der Waals surface area contributed by atoms with Gasteiger partial charge < -0.3 is 19.7 Å². The van der Waals surface area contributed by atoms with E-state index in [4.69, 9.17) is 9.52 Å². The molecule has 19 heavy (non-hydrogen) atoms. The summed E-state index contributed by atoms with van der Waals surface area (Å²) in [5, 5.41) is 11.8. The Kier molecular flexibility index (Phi) is 4.09. The second-order valence-electron chi connectivity index (χ2n) is 4.73. The second kappa shape index (κ2) is 5.77. The van der Waals surface area contributed by atoms with E-state index >= 15 is 0 Å². The van der Waals surface area contributed by atoms with E-state index in [1.54, 1.807) is 24.2 Å². The first-order valence-electron chi connectivity index (χ1n) is 6.39. The van der Waals surface area contributed by atoms with E-state index in [1.165, 1.54) is 0 Å². The van der Waals surface area contributed by atoms with E-state index in [0.29, 0.717) is 25.9 Å². The van der Waals surface area contributed by atoms with E-state index in [0.717, 1.165) is 5.76 Å². The van der Waals surface area contributed by atoms with E-state index in [1.807, 2.05) is 6.07 Å². The first-order valence-corrected chi connectivity index (χ1v) is 6.39. The summed E-state index contributed by atoms with van der Waals surface area (Å²) in [5.41, 5.74) is 0. The van der Waals surface area contributed by atoms with Gasteiger partial charge in [-0.2, -0.15) is 0 Å². The number of hydrogen-bond acceptors (Lipinski definition) is 3. The van der Waals surface area contributed by atoms with Crippen molar-refractivity contribution in [2.45, 2.75) is 25.8 Å². The van der Waals surface area contributed by atoms with Crippen molar-refractivity contribution >= 4 is 12.0 Å². The Labute approximate surface area is 111 Å². The Morgan fingerprint density at radius 2 is 2.37 bits per heavy atom. The molecule has 2 atom stereocenters. The van der Waals surface area contributed by atoms with Gasteiger partial charge in [0.15, 0.2) is 0 Å². The molecule has 2 unspecified atom stereocenters. The molecule has 2 rings (SSSR count). The third-order valence-corrected chi connectivity index (χ3v) is 3.56. The van der Waals surface area contributed by atoms with Gasteiger partial charge in [0.05, 0.1) is 12.2 Å². The number of furan rings is 1. The molecule has 6 heteroatoms. The van der Waals surface area contributed by atoms with Gasteiger partial charge in [-0.25, -0.2) is 4.79 Å². The number of carbonyl (C=O) groups is 2. The third kappa shape index (κ3) is 3.07. The minimum absolute atomic E-state index is 0.206. The summed E-state index contributed by atoms with van der Waals surface area (Å²) in [7, 11) is 0. The Morgan fingerprint density at radius 1 is 1.58 bits per heavy atom. The summed E-state index contributed by atoms with van der Waals surface area (Å²) in [6.45, 7) is 2.75. The van der Waals surface area contributed by atoms with Crippen molar-refractivity contribution in [2.75, 3.05) is 13.1 Å². The van der Waals surface area contributed by atoms with Crippen molar-refractivity contribution in [1.29, 1.82) is 0 Å². The largest absolute Gasteiger partial charge is 0.481 e. The van der Waals surface area contributed by atoms with Crippen LogP contribution >= 0.6 is 0 Å². The lowest BCUT2D eigenvalue weighted by Gasteiger charge is -2.23. The minimum atomic E-state index is -0.835. The van der Waals surface area contributed by atoms with E-state index < -0.39 is 11.9 Å². The highest BCUT2D eigenvalue weighted by atomic mass is 16.4. The summed E-state index contributed by atoms with van der Waals surface area (Å²) in [6.07, 6.45) is 2.74. The SMILES string of the molecule is CC1C(C(=O)O)CCN1C(=O)NCCc1ccco1. The molecule has 2 amide bonds. The number of hydrogen-bond donors (Lipinski definition) is 2. The molecule has 0 aliphatic carbocycles. The van der Waals surface area contributed by atoms with Gasteiger partial charge in [-0.05, 0) is 25.5 Å². The summed E-state index contributed by atoms with van der Waals surface area (Å²) in [4.78, 5) is 24.5. The highest BCUT2D eigenvalue weighted by Gasteiger charge is 2.37. The van der Waals surface area contributed by atoms with Crippen molar-refractivity contribution in [3.05, 3.63) is 24.2 Å². The molecule has 6 nitrogen and oxygen atoms in total. The van der Waals surface area contributed by atoms with Gasteiger partial charge in [0, 0.05) is 25.6 Å². The molecule has 2 heterocycles. The van der Waals surface area contributed by atoms with Gasteiger partial charge in [0.1, 0.15) is 5.76 Å². The average Bonchev–Trinajstić information content (AvgIpc) is 2.98. The molecule has 1 saturated heterocycles. The Hall–Kier alpha value is -1.98. The molecule has 0 bridgehead atoms. The number of nitrogens with one attached hydrogen (secondary N) is 1. The maximum atomic E-state index is 11.9. The molecule has 2 N–H and O–H groups in total. The second-order valence-corrected chi connectivity index (χ2v) is 4.73. The number of likely N-dealkylation sites (tertiary alicyclic amines) is 1. The van der Waals surface area contributed by atoms with Crippen LogP contribution in [0.2, 0.25) is 0 Å². The predicted molar refractivity (Wildman–Crippen MR) is 67.7 cm³/mol. The van der Waals surface area contributed by atoms with Gasteiger partial charge in [0.25, 0.3) is 0 Å². The fraction of sp³-hybridized carbons (Fsp3) is 0.538. The predicted octanol–water partition coefficient (Wildman–Crippen LogP) is 1.33. The zero-order valence-corrected chi connectivity index (χ0v) is 10.8. The highest BCUT2D eigenvalue weighted by molar-refractivity contribution is 5.78. The zero-order valence-electron chi connectivity index (χ0n) is 10.8. The maximum absolute atomic E-state index is 11.9. The minimum Gasteiger partial charge on any atom is -0.481 e. The van der Waals surface area contributed by atoms with Gasteiger partial charge in [-0.1, -0.05) is 0 Å². The Bertz CT molecular complexity index is 444. The fourth-order valence-electron chi connectivity index (χ4n) is 2.41. The standard InChI is InChI=1S/C13H18N2O4/c1-9-11(12(16)17)5-7-15(9)13(18)14-6-4-10-3-2-8-19-10/h2-3,8-9,11H,4-7H2,1H3,(H,14,18)(H,16,17). The van der Waals surface area contributed by atoms with Crippen LogP contribution in [-0.4, -0.2) is 41.1 Å². The number of aliphatic carboxylic acids is 1. The monoisotopic (exact) mass is 266 g/mol. The van der Waals surface area contributed by atoms with Gasteiger partial charge in [-0.15, -0.1) is 0 Å². The molecule has 1 aromatic rings. The van der Waals surface area contributed by atoms with Gasteiger partial charge in [-0.3, -0.25) is 4.79 Å². The molecular formula is C13H18N2O4. The van der Waals surface area contributed by atoms with Crippen LogP contribution in [0.3, 0.4) is 0 Å². The molecule has 1 aliphatic rings. The number of rotatable bonds is 4. The molecule has 0 radical (unpaired) electrons. The van der Waals surface area contributed by atoms with Crippen molar-refractivity contribution < 1.29 is 19.1 Å². The number of amides is 2. The molecule has 104 valence electrons. The summed E-state index contributed by atoms with van der Waals surface area (Å²) in [5.74, 6) is -0.479. The Balaban J connectivity index is 1.79. The number of nitrogens with zero attached hydrogens (tertiary/aromatic N) is 1. The number of carbonyl (C=O) groups excluding carboxylic acids is 1. The molecule has 0 saturated carbocycles. The van der Waals surface area contributed by atoms with Crippen molar-refractivity contribution in [1.82, 2.24) is 10.2 Å². The molecule has 0 spiro atoms. The van der Waals surface area contributed by atoms with Crippen molar-refractivity contribution in [2.24, 2.45) is 5.92 Å². The summed E-state index contributed by atoms with van der Waals surface area (Å²) < 4.78 is 5.17. The summed E-state index contributed by atoms with van der Waals surface area (Å²) >= 11 is 0. The molecule has 1 fully saturated rings. The number of carboxylic acid groups (broad SMARTS) is 1. The van der Waals surface area contributed by atoms with Crippen molar-refractivity contribution in [3.8, 4) is 0 Å². The van der Waals surface area contributed by atoms with Crippen LogP contribution in [0.1, 0.15) is 19.1 Å². The van der Waals surface area contributed by atoms with Crippen LogP contribution in [0.5, 0.6) is 0 Å². The lowest BCUT2D eigenvalue weighted by atomic mass is 10.0. The first-order chi connectivity index (χ1) is 9.09. The van der Waals surface area contributed by atoms with Crippen molar-refractivity contribution in [3.63, 3.8) is 0 Å². The van der Waals surface area contributed by atoms with Crippen LogP contribution in [0.15, 0.2) is 22.8 Å². The van der Waals surface area contributed by atoms with E-state index in [-0.39, 0.29) is 12.1 Å². The zero-order chi connectivity index (χ0) is 13.8. The average molecular weight is 266 g/mol. The fourth-order valence-corrected chi connectivity index (χ4v) is 2.41. The van der Waals surface area contributed by atoms with Crippen LogP contribution in [-0.2, 0) is 11.2 Å². The topological polar surface area (TPSA) is 82.8 Å². The number of carboxylic acids is 1. The quantitative estimate of drug-likeness (QED) is 0.861. The van der Waals surface area contributed by atoms with Crippen LogP contribution in [0.25, 0.3) is 0 Å². The molecule has 1 aliphatic heterocycles.